The van der Waals surface area contributed by atoms with Gasteiger partial charge in [-0.3, -0.25) is 25.2 Å². The number of nitrogens with one attached hydrogen (secondary N) is 3. The molecular weight excluding hydrogens is 406 g/mol. The lowest BCUT2D eigenvalue weighted by Gasteiger charge is -2.20. The van der Waals surface area contributed by atoms with E-state index in [4.69, 9.17) is 4.74 Å². The number of aryl methyl sites for hydroxylation is 1. The van der Waals surface area contributed by atoms with Crippen LogP contribution in [-0.4, -0.2) is 23.8 Å². The zero-order chi connectivity index (χ0) is 22.9. The summed E-state index contributed by atoms with van der Waals surface area (Å²) < 4.78 is 5.72. The van der Waals surface area contributed by atoms with E-state index in [-0.39, 0.29) is 11.8 Å². The standard InChI is InChI=1S/C25H31N3O4/c1-3-22(32-21-15-9-17(2)10-16-21)25(31)28-27-24(30)19-11-13-20(14-12-19)26-23(29)18-7-5-4-6-8-18/h9-16,18,22H,3-8H2,1-2H3,(H,26,29)(H,27,30)(H,28,31)/t22-/m0/s1. The molecule has 0 aliphatic heterocycles. The Balaban J connectivity index is 1.48. The van der Waals surface area contributed by atoms with Gasteiger partial charge in [0.1, 0.15) is 5.75 Å². The molecule has 0 saturated heterocycles. The number of hydrazine groups is 1. The Hall–Kier alpha value is -3.35. The number of amides is 3. The molecule has 32 heavy (non-hydrogen) atoms. The minimum atomic E-state index is -0.726. The van der Waals surface area contributed by atoms with Crippen LogP contribution in [0.15, 0.2) is 48.5 Å². The van der Waals surface area contributed by atoms with Crippen molar-refractivity contribution in [2.24, 2.45) is 5.92 Å². The highest BCUT2D eigenvalue weighted by atomic mass is 16.5. The molecule has 0 bridgehead atoms. The second-order valence-corrected chi connectivity index (χ2v) is 8.17. The smallest absolute Gasteiger partial charge is 0.279 e. The number of ether oxygens (including phenoxy) is 1. The van der Waals surface area contributed by atoms with Crippen molar-refractivity contribution in [2.45, 2.75) is 58.5 Å². The fourth-order valence-electron chi connectivity index (χ4n) is 3.69. The van der Waals surface area contributed by atoms with E-state index in [2.05, 4.69) is 16.2 Å². The molecule has 1 aliphatic rings. The van der Waals surface area contributed by atoms with Gasteiger partial charge in [-0.05, 0) is 62.6 Å². The van der Waals surface area contributed by atoms with Crippen molar-refractivity contribution in [1.82, 2.24) is 10.9 Å². The van der Waals surface area contributed by atoms with E-state index in [1.165, 1.54) is 6.42 Å². The first kappa shape index (κ1) is 23.3. The van der Waals surface area contributed by atoms with E-state index in [0.717, 1.165) is 31.2 Å². The van der Waals surface area contributed by atoms with Crippen LogP contribution in [0.2, 0.25) is 0 Å². The molecule has 0 unspecified atom stereocenters. The van der Waals surface area contributed by atoms with Gasteiger partial charge in [-0.25, -0.2) is 0 Å². The van der Waals surface area contributed by atoms with Crippen molar-refractivity contribution in [2.75, 3.05) is 5.32 Å². The molecule has 2 aromatic carbocycles. The van der Waals surface area contributed by atoms with Gasteiger partial charge in [0, 0.05) is 17.2 Å². The van der Waals surface area contributed by atoms with Gasteiger partial charge in [-0.2, -0.15) is 0 Å². The van der Waals surface area contributed by atoms with Crippen molar-refractivity contribution in [3.8, 4) is 5.75 Å². The maximum atomic E-state index is 12.4. The van der Waals surface area contributed by atoms with Gasteiger partial charge < -0.3 is 10.1 Å². The largest absolute Gasteiger partial charge is 0.481 e. The Labute approximate surface area is 188 Å². The van der Waals surface area contributed by atoms with Crippen LogP contribution in [0.25, 0.3) is 0 Å². The average molecular weight is 438 g/mol. The lowest BCUT2D eigenvalue weighted by atomic mass is 9.88. The molecule has 1 saturated carbocycles. The molecule has 7 heteroatoms. The Morgan fingerprint density at radius 3 is 2.22 bits per heavy atom. The van der Waals surface area contributed by atoms with Crippen molar-refractivity contribution in [3.05, 3.63) is 59.7 Å². The summed E-state index contributed by atoms with van der Waals surface area (Å²) >= 11 is 0. The predicted molar refractivity (Wildman–Crippen MR) is 123 cm³/mol. The van der Waals surface area contributed by atoms with Crippen LogP contribution in [0.4, 0.5) is 5.69 Å². The first-order valence-corrected chi connectivity index (χ1v) is 11.2. The van der Waals surface area contributed by atoms with Crippen molar-refractivity contribution < 1.29 is 19.1 Å². The molecule has 1 fully saturated rings. The Morgan fingerprint density at radius 1 is 0.938 bits per heavy atom. The van der Waals surface area contributed by atoms with E-state index in [9.17, 15) is 14.4 Å². The number of hydrogen-bond donors (Lipinski definition) is 3. The summed E-state index contributed by atoms with van der Waals surface area (Å²) in [6, 6.07) is 14.0. The summed E-state index contributed by atoms with van der Waals surface area (Å²) in [5, 5.41) is 2.92. The molecule has 1 aliphatic carbocycles. The second kappa shape index (κ2) is 11.3. The SMILES string of the molecule is CC[C@H](Oc1ccc(C)cc1)C(=O)NNC(=O)c1ccc(NC(=O)C2CCCCC2)cc1. The van der Waals surface area contributed by atoms with E-state index < -0.39 is 17.9 Å². The van der Waals surface area contributed by atoms with Gasteiger partial charge in [0.05, 0.1) is 0 Å². The fourth-order valence-corrected chi connectivity index (χ4v) is 3.69. The highest BCUT2D eigenvalue weighted by Gasteiger charge is 2.21. The minimum Gasteiger partial charge on any atom is -0.481 e. The molecule has 0 heterocycles. The zero-order valence-corrected chi connectivity index (χ0v) is 18.6. The summed E-state index contributed by atoms with van der Waals surface area (Å²) in [4.78, 5) is 37.1. The van der Waals surface area contributed by atoms with Gasteiger partial charge in [-0.1, -0.05) is 43.9 Å². The molecule has 1 atom stereocenters. The van der Waals surface area contributed by atoms with Gasteiger partial charge in [0.25, 0.3) is 11.8 Å². The van der Waals surface area contributed by atoms with Crippen molar-refractivity contribution in [3.63, 3.8) is 0 Å². The molecule has 2 aromatic rings. The van der Waals surface area contributed by atoms with Gasteiger partial charge in [0.2, 0.25) is 5.91 Å². The lowest BCUT2D eigenvalue weighted by Crippen LogP contribution is -2.47. The third-order valence-corrected chi connectivity index (χ3v) is 5.65. The van der Waals surface area contributed by atoms with E-state index in [0.29, 0.717) is 23.4 Å². The van der Waals surface area contributed by atoms with Crippen LogP contribution >= 0.6 is 0 Å². The molecular formula is C25H31N3O4. The van der Waals surface area contributed by atoms with Gasteiger partial charge in [-0.15, -0.1) is 0 Å². The molecule has 0 spiro atoms. The van der Waals surface area contributed by atoms with Gasteiger partial charge in [0.15, 0.2) is 6.10 Å². The fraction of sp³-hybridized carbons (Fsp3) is 0.400. The normalized spacial score (nSPS) is 14.8. The third-order valence-electron chi connectivity index (χ3n) is 5.65. The number of carbonyl (C=O) groups is 3. The maximum Gasteiger partial charge on any atom is 0.279 e. The van der Waals surface area contributed by atoms with E-state index >= 15 is 0 Å². The third kappa shape index (κ3) is 6.57. The maximum absolute atomic E-state index is 12.4. The monoisotopic (exact) mass is 437 g/mol. The number of rotatable bonds is 7. The molecule has 3 amide bonds. The summed E-state index contributed by atoms with van der Waals surface area (Å²) in [6.45, 7) is 3.81. The Kier molecular flexibility index (Phi) is 8.25. The van der Waals surface area contributed by atoms with Crippen LogP contribution in [0, 0.1) is 12.8 Å². The Bertz CT molecular complexity index is 919. The Morgan fingerprint density at radius 2 is 1.59 bits per heavy atom. The summed E-state index contributed by atoms with van der Waals surface area (Å²) in [6.07, 6.45) is 4.97. The van der Waals surface area contributed by atoms with Crippen LogP contribution in [0.1, 0.15) is 61.4 Å². The minimum absolute atomic E-state index is 0.0355. The highest BCUT2D eigenvalue weighted by molar-refractivity contribution is 5.97. The second-order valence-electron chi connectivity index (χ2n) is 8.17. The van der Waals surface area contributed by atoms with Crippen LogP contribution in [0.3, 0.4) is 0 Å². The molecule has 0 radical (unpaired) electrons. The lowest BCUT2D eigenvalue weighted by molar-refractivity contribution is -0.129. The van der Waals surface area contributed by atoms with Crippen LogP contribution in [0.5, 0.6) is 5.75 Å². The van der Waals surface area contributed by atoms with Gasteiger partial charge >= 0.3 is 0 Å². The van der Waals surface area contributed by atoms with E-state index in [1.807, 2.05) is 26.0 Å². The molecule has 7 nitrogen and oxygen atoms in total. The molecule has 3 N–H and O–H groups in total. The highest BCUT2D eigenvalue weighted by Crippen LogP contribution is 2.25. The topological polar surface area (TPSA) is 96.5 Å². The first-order valence-electron chi connectivity index (χ1n) is 11.2. The summed E-state index contributed by atoms with van der Waals surface area (Å²) in [5.74, 6) is -0.190. The van der Waals surface area contributed by atoms with Crippen molar-refractivity contribution in [1.29, 1.82) is 0 Å². The number of anilines is 1. The summed E-state index contributed by atoms with van der Waals surface area (Å²) in [7, 11) is 0. The average Bonchev–Trinajstić information content (AvgIpc) is 2.83. The van der Waals surface area contributed by atoms with Crippen LogP contribution in [-0.2, 0) is 9.59 Å². The molecule has 170 valence electrons. The summed E-state index contributed by atoms with van der Waals surface area (Å²) in [5.41, 5.74) is 6.95. The molecule has 0 aromatic heterocycles. The number of hydrogen-bond acceptors (Lipinski definition) is 4. The quantitative estimate of drug-likeness (QED) is 0.568. The van der Waals surface area contributed by atoms with E-state index in [1.54, 1.807) is 36.4 Å². The van der Waals surface area contributed by atoms with Crippen LogP contribution < -0.4 is 20.9 Å². The first-order chi connectivity index (χ1) is 15.5. The number of benzene rings is 2. The van der Waals surface area contributed by atoms with Crippen molar-refractivity contribution >= 4 is 23.4 Å². The zero-order valence-electron chi connectivity index (χ0n) is 18.6. The molecule has 3 rings (SSSR count). The number of carbonyl (C=O) groups excluding carboxylic acids is 3. The predicted octanol–water partition coefficient (Wildman–Crippen LogP) is 4.13.